The molecule has 1 aliphatic carbocycles. The van der Waals surface area contributed by atoms with Gasteiger partial charge in [-0.15, -0.1) is 0 Å². The fourth-order valence-electron chi connectivity index (χ4n) is 2.84. The zero-order chi connectivity index (χ0) is 15.2. The summed E-state index contributed by atoms with van der Waals surface area (Å²) in [4.78, 5) is 11.6. The smallest absolute Gasteiger partial charge is 0.258 e. The van der Waals surface area contributed by atoms with E-state index >= 15 is 0 Å². The van der Waals surface area contributed by atoms with Crippen LogP contribution in [0.3, 0.4) is 0 Å². The van der Waals surface area contributed by atoms with Crippen LogP contribution in [0.25, 0.3) is 0 Å². The highest BCUT2D eigenvalue weighted by Crippen LogP contribution is 2.32. The SMILES string of the molecule is CCNC1CCCc2ccc(OCC(=O)NC(C)C)cc21. The monoisotopic (exact) mass is 290 g/mol. The van der Waals surface area contributed by atoms with Crippen LogP contribution in [0.1, 0.15) is 50.8 Å². The van der Waals surface area contributed by atoms with Gasteiger partial charge in [-0.2, -0.15) is 0 Å². The third-order valence-electron chi connectivity index (χ3n) is 3.70. The van der Waals surface area contributed by atoms with Gasteiger partial charge in [-0.25, -0.2) is 0 Å². The van der Waals surface area contributed by atoms with E-state index in [0.29, 0.717) is 6.04 Å². The summed E-state index contributed by atoms with van der Waals surface area (Å²) in [6, 6.07) is 6.74. The predicted octanol–water partition coefficient (Wildman–Crippen LogP) is 2.58. The lowest BCUT2D eigenvalue weighted by Gasteiger charge is -2.26. The van der Waals surface area contributed by atoms with Crippen LogP contribution in [0.5, 0.6) is 5.75 Å². The van der Waals surface area contributed by atoms with Crippen molar-refractivity contribution in [2.45, 2.75) is 52.1 Å². The first-order valence-corrected chi connectivity index (χ1v) is 7.88. The van der Waals surface area contributed by atoms with Crippen molar-refractivity contribution in [3.8, 4) is 5.75 Å². The van der Waals surface area contributed by atoms with E-state index in [9.17, 15) is 4.79 Å². The van der Waals surface area contributed by atoms with E-state index in [1.165, 1.54) is 17.5 Å². The molecule has 4 nitrogen and oxygen atoms in total. The van der Waals surface area contributed by atoms with Crippen molar-refractivity contribution < 1.29 is 9.53 Å². The molecule has 0 heterocycles. The molecule has 2 rings (SSSR count). The molecule has 0 radical (unpaired) electrons. The molecule has 1 aromatic carbocycles. The highest BCUT2D eigenvalue weighted by atomic mass is 16.5. The molecule has 2 N–H and O–H groups in total. The zero-order valence-corrected chi connectivity index (χ0v) is 13.2. The first-order chi connectivity index (χ1) is 10.1. The molecule has 0 saturated carbocycles. The Morgan fingerprint density at radius 3 is 2.95 bits per heavy atom. The van der Waals surface area contributed by atoms with Crippen molar-refractivity contribution in [3.05, 3.63) is 29.3 Å². The Bertz CT molecular complexity index is 486. The molecule has 1 amide bonds. The molecule has 0 bridgehead atoms. The second kappa shape index (κ2) is 7.46. The average molecular weight is 290 g/mol. The Labute approximate surface area is 127 Å². The van der Waals surface area contributed by atoms with Crippen molar-refractivity contribution in [1.29, 1.82) is 0 Å². The van der Waals surface area contributed by atoms with E-state index in [1.807, 2.05) is 19.9 Å². The molecule has 116 valence electrons. The number of benzene rings is 1. The number of hydrogen-bond acceptors (Lipinski definition) is 3. The molecular formula is C17H26N2O2. The number of rotatable bonds is 6. The molecule has 1 atom stereocenters. The lowest BCUT2D eigenvalue weighted by molar-refractivity contribution is -0.123. The molecule has 0 saturated heterocycles. The van der Waals surface area contributed by atoms with Gasteiger partial charge in [0.25, 0.3) is 5.91 Å². The van der Waals surface area contributed by atoms with Gasteiger partial charge < -0.3 is 15.4 Å². The van der Waals surface area contributed by atoms with E-state index in [-0.39, 0.29) is 18.6 Å². The van der Waals surface area contributed by atoms with E-state index in [1.54, 1.807) is 0 Å². The second-order valence-electron chi connectivity index (χ2n) is 5.87. The maximum atomic E-state index is 11.6. The summed E-state index contributed by atoms with van der Waals surface area (Å²) in [6.45, 7) is 7.05. The second-order valence-corrected chi connectivity index (χ2v) is 5.87. The Morgan fingerprint density at radius 2 is 2.24 bits per heavy atom. The maximum Gasteiger partial charge on any atom is 0.258 e. The van der Waals surface area contributed by atoms with Gasteiger partial charge in [-0.3, -0.25) is 4.79 Å². The molecule has 0 aliphatic heterocycles. The standard InChI is InChI=1S/C17H26N2O2/c1-4-18-16-7-5-6-13-8-9-14(10-15(13)16)21-11-17(20)19-12(2)3/h8-10,12,16,18H,4-7,11H2,1-3H3,(H,19,20). The number of aryl methyl sites for hydroxylation is 1. The van der Waals surface area contributed by atoms with Crippen molar-refractivity contribution in [2.75, 3.05) is 13.2 Å². The number of carbonyl (C=O) groups excluding carboxylic acids is 1. The molecular weight excluding hydrogens is 264 g/mol. The molecule has 0 fully saturated rings. The van der Waals surface area contributed by atoms with Crippen LogP contribution in [0, 0.1) is 0 Å². The van der Waals surface area contributed by atoms with E-state index in [4.69, 9.17) is 4.74 Å². The molecule has 21 heavy (non-hydrogen) atoms. The first-order valence-electron chi connectivity index (χ1n) is 7.88. The molecule has 0 aromatic heterocycles. The van der Waals surface area contributed by atoms with E-state index < -0.39 is 0 Å². The maximum absolute atomic E-state index is 11.6. The van der Waals surface area contributed by atoms with Gasteiger partial charge in [-0.05, 0) is 62.9 Å². The van der Waals surface area contributed by atoms with Gasteiger partial charge in [0.2, 0.25) is 0 Å². The highest BCUT2D eigenvalue weighted by Gasteiger charge is 2.20. The number of ether oxygens (including phenoxy) is 1. The summed E-state index contributed by atoms with van der Waals surface area (Å²) >= 11 is 0. The van der Waals surface area contributed by atoms with Gasteiger partial charge in [0.15, 0.2) is 6.61 Å². The summed E-state index contributed by atoms with van der Waals surface area (Å²) in [6.07, 6.45) is 3.52. The van der Waals surface area contributed by atoms with Crippen LogP contribution < -0.4 is 15.4 Å². The third kappa shape index (κ3) is 4.46. The van der Waals surface area contributed by atoms with E-state index in [0.717, 1.165) is 25.1 Å². The normalized spacial score (nSPS) is 17.4. The molecule has 4 heteroatoms. The summed E-state index contributed by atoms with van der Waals surface area (Å²) in [7, 11) is 0. The molecule has 1 aromatic rings. The summed E-state index contributed by atoms with van der Waals surface area (Å²) < 4.78 is 5.62. The summed E-state index contributed by atoms with van der Waals surface area (Å²) in [5, 5.41) is 6.35. The number of amides is 1. The Balaban J connectivity index is 2.02. The number of hydrogen-bond donors (Lipinski definition) is 2. The summed E-state index contributed by atoms with van der Waals surface area (Å²) in [5.41, 5.74) is 2.72. The molecule has 0 spiro atoms. The van der Waals surface area contributed by atoms with Gasteiger partial charge >= 0.3 is 0 Å². The number of fused-ring (bicyclic) bond motifs is 1. The van der Waals surface area contributed by atoms with Crippen LogP contribution in [0.2, 0.25) is 0 Å². The van der Waals surface area contributed by atoms with E-state index in [2.05, 4.69) is 29.7 Å². The predicted molar refractivity (Wildman–Crippen MR) is 84.6 cm³/mol. The Morgan fingerprint density at radius 1 is 1.43 bits per heavy atom. The van der Waals surface area contributed by atoms with Crippen LogP contribution >= 0.6 is 0 Å². The van der Waals surface area contributed by atoms with Crippen molar-refractivity contribution in [1.82, 2.24) is 10.6 Å². The quantitative estimate of drug-likeness (QED) is 0.846. The van der Waals surface area contributed by atoms with Gasteiger partial charge in [0, 0.05) is 12.1 Å². The minimum absolute atomic E-state index is 0.0723. The van der Waals surface area contributed by atoms with Crippen molar-refractivity contribution >= 4 is 5.91 Å². The summed E-state index contributed by atoms with van der Waals surface area (Å²) in [5.74, 6) is 0.698. The Kier molecular flexibility index (Phi) is 5.62. The number of nitrogens with one attached hydrogen (secondary N) is 2. The van der Waals surface area contributed by atoms with Gasteiger partial charge in [-0.1, -0.05) is 13.0 Å². The number of carbonyl (C=O) groups is 1. The van der Waals surface area contributed by atoms with Crippen molar-refractivity contribution in [3.63, 3.8) is 0 Å². The minimum Gasteiger partial charge on any atom is -0.484 e. The lowest BCUT2D eigenvalue weighted by Crippen LogP contribution is -2.34. The Hall–Kier alpha value is -1.55. The first kappa shape index (κ1) is 15.8. The van der Waals surface area contributed by atoms with Crippen LogP contribution in [0.4, 0.5) is 0 Å². The van der Waals surface area contributed by atoms with Gasteiger partial charge in [0.05, 0.1) is 0 Å². The van der Waals surface area contributed by atoms with Crippen molar-refractivity contribution in [2.24, 2.45) is 0 Å². The molecule has 1 aliphatic rings. The average Bonchev–Trinajstić information content (AvgIpc) is 2.45. The topological polar surface area (TPSA) is 50.4 Å². The largest absolute Gasteiger partial charge is 0.484 e. The highest BCUT2D eigenvalue weighted by molar-refractivity contribution is 5.77. The van der Waals surface area contributed by atoms with Crippen LogP contribution in [-0.4, -0.2) is 25.1 Å². The fourth-order valence-corrected chi connectivity index (χ4v) is 2.84. The third-order valence-corrected chi connectivity index (χ3v) is 3.70. The zero-order valence-electron chi connectivity index (χ0n) is 13.2. The van der Waals surface area contributed by atoms with Crippen LogP contribution in [-0.2, 0) is 11.2 Å². The minimum atomic E-state index is -0.0778. The lowest BCUT2D eigenvalue weighted by atomic mass is 9.87. The van der Waals surface area contributed by atoms with Crippen LogP contribution in [0.15, 0.2) is 18.2 Å². The van der Waals surface area contributed by atoms with Gasteiger partial charge in [0.1, 0.15) is 5.75 Å². The molecule has 1 unspecified atom stereocenters. The fraction of sp³-hybridized carbons (Fsp3) is 0.588.